The molecule has 0 spiro atoms. The summed E-state index contributed by atoms with van der Waals surface area (Å²) in [4.78, 5) is 40.8. The molecule has 0 saturated heterocycles. The molecule has 0 radical (unpaired) electrons. The van der Waals surface area contributed by atoms with Gasteiger partial charge < -0.3 is 15.0 Å². The largest absolute Gasteiger partial charge is 0.497 e. The fourth-order valence-electron chi connectivity index (χ4n) is 5.35. The molecule has 2 atom stereocenters. The van der Waals surface area contributed by atoms with Gasteiger partial charge in [0.1, 0.15) is 18.3 Å². The van der Waals surface area contributed by atoms with Crippen LogP contribution in [0.25, 0.3) is 0 Å². The van der Waals surface area contributed by atoms with Gasteiger partial charge in [0.2, 0.25) is 11.8 Å². The number of nitro benzene ring substituents is 1. The Morgan fingerprint density at radius 2 is 1.59 bits per heavy atom. The average Bonchev–Trinajstić information content (AvgIpc) is 3.09. The highest BCUT2D eigenvalue weighted by atomic mass is 32.2. The number of nitrogens with zero attached hydrogens (tertiary/aromatic N) is 3. The number of carbonyl (C=O) groups is 2. The molecular formula is C37H42N4O7S. The van der Waals surface area contributed by atoms with Crippen LogP contribution in [0.3, 0.4) is 0 Å². The maximum atomic E-state index is 14.6. The summed E-state index contributed by atoms with van der Waals surface area (Å²) in [6, 6.07) is 25.4. The molecule has 4 rings (SSSR count). The Kier molecular flexibility index (Phi) is 12.1. The van der Waals surface area contributed by atoms with Crippen molar-refractivity contribution >= 4 is 33.2 Å². The molecule has 0 aliphatic heterocycles. The van der Waals surface area contributed by atoms with Gasteiger partial charge in [-0.15, -0.1) is 0 Å². The SMILES string of the molecule is CC[C@H](C)NC(=O)[C@H](Cc1ccccc1)N(Cc1cccc(C)c1)C(=O)CN(c1ccc(OC)cc1)S(=O)(=O)c1ccc(C)c([N+](=O)[O-])c1. The second kappa shape index (κ2) is 16.2. The monoisotopic (exact) mass is 686 g/mol. The van der Waals surface area contributed by atoms with Crippen molar-refractivity contribution < 1.29 is 27.7 Å². The van der Waals surface area contributed by atoms with Gasteiger partial charge in [-0.25, -0.2) is 8.42 Å². The van der Waals surface area contributed by atoms with Crippen LogP contribution in [0, 0.1) is 24.0 Å². The van der Waals surface area contributed by atoms with Crippen LogP contribution in [-0.2, 0) is 32.6 Å². The highest BCUT2D eigenvalue weighted by Gasteiger charge is 2.35. The van der Waals surface area contributed by atoms with Crippen LogP contribution in [0.4, 0.5) is 11.4 Å². The molecule has 2 amide bonds. The molecule has 12 heteroatoms. The zero-order chi connectivity index (χ0) is 35.7. The number of hydrogen-bond donors (Lipinski definition) is 1. The number of nitrogens with one attached hydrogen (secondary N) is 1. The van der Waals surface area contributed by atoms with Crippen LogP contribution < -0.4 is 14.4 Å². The Balaban J connectivity index is 1.85. The molecule has 0 bridgehead atoms. The first-order valence-electron chi connectivity index (χ1n) is 15.9. The Labute approximate surface area is 287 Å². The number of nitro groups is 1. The summed E-state index contributed by atoms with van der Waals surface area (Å²) >= 11 is 0. The topological polar surface area (TPSA) is 139 Å². The number of hydrogen-bond acceptors (Lipinski definition) is 7. The van der Waals surface area contributed by atoms with Crippen molar-refractivity contribution in [2.45, 2.75) is 64.1 Å². The first-order chi connectivity index (χ1) is 23.3. The maximum Gasteiger partial charge on any atom is 0.273 e. The van der Waals surface area contributed by atoms with E-state index in [-0.39, 0.29) is 46.7 Å². The van der Waals surface area contributed by atoms with Gasteiger partial charge >= 0.3 is 0 Å². The van der Waals surface area contributed by atoms with Crippen molar-refractivity contribution in [2.75, 3.05) is 18.0 Å². The molecule has 4 aromatic carbocycles. The van der Waals surface area contributed by atoms with Gasteiger partial charge in [0, 0.05) is 30.6 Å². The van der Waals surface area contributed by atoms with Crippen molar-refractivity contribution in [3.05, 3.63) is 129 Å². The molecule has 11 nitrogen and oxygen atoms in total. The van der Waals surface area contributed by atoms with Gasteiger partial charge in [0.15, 0.2) is 0 Å². The van der Waals surface area contributed by atoms with E-state index in [0.29, 0.717) is 12.2 Å². The molecule has 4 aromatic rings. The molecule has 258 valence electrons. The molecule has 0 heterocycles. The highest BCUT2D eigenvalue weighted by molar-refractivity contribution is 7.92. The van der Waals surface area contributed by atoms with E-state index in [2.05, 4.69) is 5.32 Å². The fourth-order valence-corrected chi connectivity index (χ4v) is 6.79. The average molecular weight is 687 g/mol. The number of benzene rings is 4. The quantitative estimate of drug-likeness (QED) is 0.120. The molecule has 0 aromatic heterocycles. The van der Waals surface area contributed by atoms with Crippen LogP contribution in [0.5, 0.6) is 5.75 Å². The summed E-state index contributed by atoms with van der Waals surface area (Å²) in [6.45, 7) is 6.59. The number of anilines is 1. The minimum Gasteiger partial charge on any atom is -0.497 e. The normalized spacial score (nSPS) is 12.4. The number of amides is 2. The van der Waals surface area contributed by atoms with E-state index in [9.17, 15) is 28.1 Å². The number of sulfonamides is 1. The van der Waals surface area contributed by atoms with Crippen molar-refractivity contribution in [1.29, 1.82) is 0 Å². The first-order valence-corrected chi connectivity index (χ1v) is 17.4. The van der Waals surface area contributed by atoms with Gasteiger partial charge in [-0.3, -0.25) is 24.0 Å². The van der Waals surface area contributed by atoms with Crippen LogP contribution in [-0.4, -0.2) is 55.8 Å². The minimum atomic E-state index is -4.54. The summed E-state index contributed by atoms with van der Waals surface area (Å²) in [6.07, 6.45) is 0.849. The van der Waals surface area contributed by atoms with E-state index in [1.165, 1.54) is 43.2 Å². The van der Waals surface area contributed by atoms with Crippen LogP contribution in [0.15, 0.2) is 102 Å². The van der Waals surface area contributed by atoms with E-state index in [4.69, 9.17) is 4.74 Å². The Bertz CT molecular complexity index is 1880. The van der Waals surface area contributed by atoms with Crippen LogP contribution >= 0.6 is 0 Å². The minimum absolute atomic E-state index is 0.0262. The second-order valence-electron chi connectivity index (χ2n) is 11.9. The second-order valence-corrected chi connectivity index (χ2v) is 13.8. The van der Waals surface area contributed by atoms with Gasteiger partial charge in [0.25, 0.3) is 15.7 Å². The number of aryl methyl sites for hydroxylation is 2. The van der Waals surface area contributed by atoms with Crippen molar-refractivity contribution in [3.8, 4) is 5.75 Å². The smallest absolute Gasteiger partial charge is 0.273 e. The maximum absolute atomic E-state index is 14.6. The first kappa shape index (κ1) is 36.6. The van der Waals surface area contributed by atoms with E-state index in [0.717, 1.165) is 27.1 Å². The Morgan fingerprint density at radius 3 is 2.20 bits per heavy atom. The van der Waals surface area contributed by atoms with Crippen molar-refractivity contribution in [1.82, 2.24) is 10.2 Å². The van der Waals surface area contributed by atoms with E-state index >= 15 is 0 Å². The molecule has 0 unspecified atom stereocenters. The van der Waals surface area contributed by atoms with Gasteiger partial charge in [-0.2, -0.15) is 0 Å². The molecule has 0 aliphatic rings. The molecule has 49 heavy (non-hydrogen) atoms. The number of ether oxygens (including phenoxy) is 1. The third kappa shape index (κ3) is 9.23. The lowest BCUT2D eigenvalue weighted by Crippen LogP contribution is -2.54. The molecular weight excluding hydrogens is 644 g/mol. The zero-order valence-corrected chi connectivity index (χ0v) is 29.1. The highest BCUT2D eigenvalue weighted by Crippen LogP contribution is 2.30. The van der Waals surface area contributed by atoms with Gasteiger partial charge in [-0.1, -0.05) is 73.2 Å². The molecule has 0 saturated carbocycles. The fraction of sp³-hybridized carbons (Fsp3) is 0.297. The zero-order valence-electron chi connectivity index (χ0n) is 28.3. The lowest BCUT2D eigenvalue weighted by Gasteiger charge is -2.34. The number of carbonyl (C=O) groups excluding carboxylic acids is 2. The van der Waals surface area contributed by atoms with Gasteiger partial charge in [0.05, 0.1) is 22.6 Å². The summed E-state index contributed by atoms with van der Waals surface area (Å²) in [5, 5.41) is 14.8. The van der Waals surface area contributed by atoms with Crippen LogP contribution in [0.1, 0.15) is 42.5 Å². The predicted molar refractivity (Wildman–Crippen MR) is 189 cm³/mol. The standard InChI is InChI=1S/C37H42N4O7S/c1-6-28(4)38-37(43)35(22-29-12-8-7-9-13-29)39(24-30-14-10-11-26(2)21-30)36(42)25-40(31-16-18-32(48-5)19-17-31)49(46,47)33-20-15-27(3)34(23-33)41(44)45/h7-21,23,28,35H,6,22,24-25H2,1-5H3,(H,38,43)/t28-,35-/m0/s1. The summed E-state index contributed by atoms with van der Waals surface area (Å²) in [7, 11) is -3.07. The van der Waals surface area contributed by atoms with Crippen molar-refractivity contribution in [3.63, 3.8) is 0 Å². The molecule has 1 N–H and O–H groups in total. The third-order valence-corrected chi connectivity index (χ3v) is 10.1. The summed E-state index contributed by atoms with van der Waals surface area (Å²) in [5.41, 5.74) is 2.59. The van der Waals surface area contributed by atoms with E-state index in [1.54, 1.807) is 12.1 Å². The lowest BCUT2D eigenvalue weighted by atomic mass is 10.0. The number of rotatable bonds is 15. The van der Waals surface area contributed by atoms with Crippen LogP contribution in [0.2, 0.25) is 0 Å². The molecule has 0 aliphatic carbocycles. The summed E-state index contributed by atoms with van der Waals surface area (Å²) in [5.74, 6) is -0.543. The van der Waals surface area contributed by atoms with Crippen molar-refractivity contribution in [2.24, 2.45) is 0 Å². The Hall–Kier alpha value is -5.23. The third-order valence-electron chi connectivity index (χ3n) is 8.31. The lowest BCUT2D eigenvalue weighted by molar-refractivity contribution is -0.385. The van der Waals surface area contributed by atoms with E-state index < -0.39 is 33.4 Å². The Morgan fingerprint density at radius 1 is 0.918 bits per heavy atom. The molecule has 0 fully saturated rings. The summed E-state index contributed by atoms with van der Waals surface area (Å²) < 4.78 is 34.8. The van der Waals surface area contributed by atoms with Gasteiger partial charge in [-0.05, 0) is 68.7 Å². The van der Waals surface area contributed by atoms with E-state index in [1.807, 2.05) is 75.4 Å². The number of methoxy groups -OCH3 is 1. The predicted octanol–water partition coefficient (Wildman–Crippen LogP) is 5.97.